The molecule has 2 rings (SSSR count). The molecule has 0 aliphatic rings. The summed E-state index contributed by atoms with van der Waals surface area (Å²) in [6.07, 6.45) is -1.11. The molecular formula is C12H12F3N3O. The second-order valence-electron chi connectivity index (χ2n) is 4.19. The van der Waals surface area contributed by atoms with Gasteiger partial charge in [-0.15, -0.1) is 0 Å². The normalized spacial score (nSPS) is 13.5. The van der Waals surface area contributed by atoms with Gasteiger partial charge < -0.3 is 5.11 Å². The SMILES string of the molecule is Cc1cnccc1C(O)c1ccn(CC(F)(F)F)n1. The van der Waals surface area contributed by atoms with Crippen LogP contribution in [0.2, 0.25) is 0 Å². The number of nitrogens with zero attached hydrogens (tertiary/aromatic N) is 3. The number of hydrogen-bond donors (Lipinski definition) is 1. The van der Waals surface area contributed by atoms with Crippen LogP contribution in [0.25, 0.3) is 0 Å². The van der Waals surface area contributed by atoms with E-state index in [0.717, 1.165) is 10.2 Å². The first-order valence-corrected chi connectivity index (χ1v) is 5.55. The molecule has 1 atom stereocenters. The zero-order valence-corrected chi connectivity index (χ0v) is 10.1. The fourth-order valence-electron chi connectivity index (χ4n) is 1.75. The summed E-state index contributed by atoms with van der Waals surface area (Å²) in [5, 5.41) is 13.8. The Hall–Kier alpha value is -1.89. The van der Waals surface area contributed by atoms with Crippen LogP contribution in [0.3, 0.4) is 0 Å². The number of aliphatic hydroxyl groups excluding tert-OH is 1. The first-order chi connectivity index (χ1) is 8.87. The summed E-state index contributed by atoms with van der Waals surface area (Å²) in [6, 6.07) is 2.99. The lowest BCUT2D eigenvalue weighted by Gasteiger charge is -2.11. The first kappa shape index (κ1) is 13.5. The zero-order valence-electron chi connectivity index (χ0n) is 10.1. The van der Waals surface area contributed by atoms with Gasteiger partial charge in [0.05, 0.1) is 5.69 Å². The highest BCUT2D eigenvalue weighted by molar-refractivity contribution is 5.29. The molecule has 0 aliphatic heterocycles. The van der Waals surface area contributed by atoms with Crippen molar-refractivity contribution < 1.29 is 18.3 Å². The Morgan fingerprint density at radius 3 is 2.74 bits per heavy atom. The van der Waals surface area contributed by atoms with Gasteiger partial charge in [-0.1, -0.05) is 0 Å². The van der Waals surface area contributed by atoms with Crippen molar-refractivity contribution in [2.45, 2.75) is 25.7 Å². The van der Waals surface area contributed by atoms with E-state index in [-0.39, 0.29) is 5.69 Å². The highest BCUT2D eigenvalue weighted by atomic mass is 19.4. The Kier molecular flexibility index (Phi) is 3.57. The topological polar surface area (TPSA) is 50.9 Å². The molecule has 0 spiro atoms. The number of aryl methyl sites for hydroxylation is 1. The van der Waals surface area contributed by atoms with Gasteiger partial charge in [0, 0.05) is 18.6 Å². The van der Waals surface area contributed by atoms with Gasteiger partial charge in [0.1, 0.15) is 12.6 Å². The van der Waals surface area contributed by atoms with Crippen molar-refractivity contribution >= 4 is 0 Å². The summed E-state index contributed by atoms with van der Waals surface area (Å²) in [5.74, 6) is 0. The van der Waals surface area contributed by atoms with E-state index in [2.05, 4.69) is 10.1 Å². The van der Waals surface area contributed by atoms with E-state index in [1.807, 2.05) is 0 Å². The lowest BCUT2D eigenvalue weighted by molar-refractivity contribution is -0.142. The molecule has 0 saturated heterocycles. The minimum Gasteiger partial charge on any atom is -0.382 e. The molecule has 2 aromatic heterocycles. The van der Waals surface area contributed by atoms with Crippen molar-refractivity contribution in [3.05, 3.63) is 47.5 Å². The molecule has 0 fully saturated rings. The number of rotatable bonds is 3. The number of hydrogen-bond acceptors (Lipinski definition) is 3. The minimum atomic E-state index is -4.33. The maximum absolute atomic E-state index is 12.2. The Morgan fingerprint density at radius 1 is 1.37 bits per heavy atom. The third-order valence-electron chi connectivity index (χ3n) is 2.64. The van der Waals surface area contributed by atoms with Crippen molar-refractivity contribution in [3.63, 3.8) is 0 Å². The van der Waals surface area contributed by atoms with Gasteiger partial charge in [0.25, 0.3) is 0 Å². The fourth-order valence-corrected chi connectivity index (χ4v) is 1.75. The second-order valence-corrected chi connectivity index (χ2v) is 4.19. The van der Waals surface area contributed by atoms with Crippen LogP contribution in [-0.2, 0) is 6.54 Å². The number of pyridine rings is 1. The Balaban J connectivity index is 2.21. The van der Waals surface area contributed by atoms with Gasteiger partial charge >= 0.3 is 6.18 Å². The molecule has 0 saturated carbocycles. The molecular weight excluding hydrogens is 259 g/mol. The van der Waals surface area contributed by atoms with Crippen molar-refractivity contribution in [1.29, 1.82) is 0 Å². The first-order valence-electron chi connectivity index (χ1n) is 5.55. The standard InChI is InChI=1S/C12H12F3N3O/c1-8-6-16-4-2-9(8)11(19)10-3-5-18(17-10)7-12(13,14)15/h2-6,11,19H,7H2,1H3. The summed E-state index contributed by atoms with van der Waals surface area (Å²) in [6.45, 7) is 0.591. The molecule has 0 radical (unpaired) electrons. The van der Waals surface area contributed by atoms with Crippen LogP contribution < -0.4 is 0 Å². The number of alkyl halides is 3. The lowest BCUT2D eigenvalue weighted by atomic mass is 10.0. The van der Waals surface area contributed by atoms with E-state index >= 15 is 0 Å². The molecule has 0 bridgehead atoms. The molecule has 0 aliphatic carbocycles. The monoisotopic (exact) mass is 271 g/mol. The Labute approximate surface area is 107 Å². The molecule has 1 unspecified atom stereocenters. The van der Waals surface area contributed by atoms with Crippen LogP contribution in [0.15, 0.2) is 30.7 Å². The van der Waals surface area contributed by atoms with Crippen molar-refractivity contribution in [1.82, 2.24) is 14.8 Å². The van der Waals surface area contributed by atoms with E-state index in [1.54, 1.807) is 19.2 Å². The Morgan fingerprint density at radius 2 is 2.11 bits per heavy atom. The third-order valence-corrected chi connectivity index (χ3v) is 2.64. The average Bonchev–Trinajstić information content (AvgIpc) is 2.75. The van der Waals surface area contributed by atoms with Crippen LogP contribution in [0, 0.1) is 6.92 Å². The van der Waals surface area contributed by atoms with E-state index in [9.17, 15) is 18.3 Å². The van der Waals surface area contributed by atoms with E-state index in [0.29, 0.717) is 5.56 Å². The second kappa shape index (κ2) is 5.00. The highest BCUT2D eigenvalue weighted by Crippen LogP contribution is 2.23. The van der Waals surface area contributed by atoms with Crippen molar-refractivity contribution in [2.75, 3.05) is 0 Å². The van der Waals surface area contributed by atoms with Crippen LogP contribution >= 0.6 is 0 Å². The summed E-state index contributed by atoms with van der Waals surface area (Å²) < 4.78 is 37.4. The minimum absolute atomic E-state index is 0.179. The summed E-state index contributed by atoms with van der Waals surface area (Å²) in [4.78, 5) is 3.89. The molecule has 7 heteroatoms. The van der Waals surface area contributed by atoms with Gasteiger partial charge in [-0.3, -0.25) is 9.67 Å². The molecule has 2 heterocycles. The van der Waals surface area contributed by atoms with Gasteiger partial charge in [0.15, 0.2) is 0 Å². The predicted molar refractivity (Wildman–Crippen MR) is 61.3 cm³/mol. The fraction of sp³-hybridized carbons (Fsp3) is 0.333. The Bertz CT molecular complexity index is 565. The lowest BCUT2D eigenvalue weighted by Crippen LogP contribution is -2.18. The molecule has 102 valence electrons. The largest absolute Gasteiger partial charge is 0.408 e. The van der Waals surface area contributed by atoms with Gasteiger partial charge in [-0.2, -0.15) is 18.3 Å². The van der Waals surface area contributed by atoms with Crippen LogP contribution in [0.5, 0.6) is 0 Å². The van der Waals surface area contributed by atoms with E-state index < -0.39 is 18.8 Å². The average molecular weight is 271 g/mol. The third kappa shape index (κ3) is 3.31. The van der Waals surface area contributed by atoms with E-state index in [1.165, 1.54) is 18.5 Å². The summed E-state index contributed by atoms with van der Waals surface area (Å²) >= 11 is 0. The molecule has 4 nitrogen and oxygen atoms in total. The molecule has 0 aromatic carbocycles. The maximum Gasteiger partial charge on any atom is 0.408 e. The number of halogens is 3. The number of aliphatic hydroxyl groups is 1. The smallest absolute Gasteiger partial charge is 0.382 e. The summed E-state index contributed by atoms with van der Waals surface area (Å²) in [7, 11) is 0. The molecule has 2 aromatic rings. The van der Waals surface area contributed by atoms with Crippen LogP contribution in [0.4, 0.5) is 13.2 Å². The summed E-state index contributed by atoms with van der Waals surface area (Å²) in [5.41, 5.74) is 1.51. The van der Waals surface area contributed by atoms with E-state index in [4.69, 9.17) is 0 Å². The molecule has 19 heavy (non-hydrogen) atoms. The number of aromatic nitrogens is 3. The van der Waals surface area contributed by atoms with Crippen LogP contribution in [0.1, 0.15) is 22.9 Å². The van der Waals surface area contributed by atoms with Gasteiger partial charge in [-0.05, 0) is 30.2 Å². The quantitative estimate of drug-likeness (QED) is 0.931. The molecule has 0 amide bonds. The maximum atomic E-state index is 12.2. The van der Waals surface area contributed by atoms with Gasteiger partial charge in [-0.25, -0.2) is 0 Å². The zero-order chi connectivity index (χ0) is 14.0. The highest BCUT2D eigenvalue weighted by Gasteiger charge is 2.28. The van der Waals surface area contributed by atoms with Gasteiger partial charge in [0.2, 0.25) is 0 Å². The van der Waals surface area contributed by atoms with Crippen molar-refractivity contribution in [2.24, 2.45) is 0 Å². The van der Waals surface area contributed by atoms with Crippen molar-refractivity contribution in [3.8, 4) is 0 Å². The predicted octanol–water partition coefficient (Wildman–Crippen LogP) is 2.23. The van der Waals surface area contributed by atoms with Crippen LogP contribution in [-0.4, -0.2) is 26.0 Å². The molecule has 1 N–H and O–H groups in total.